The SMILES string of the molecule is Cc1cccc(C)c1OCCCn1c(C(C)NC(=O)c2cccs2)nc2ccccc21. The second-order valence-electron chi connectivity index (χ2n) is 7.71. The van der Waals surface area contributed by atoms with Gasteiger partial charge in [-0.05, 0) is 61.9 Å². The number of amides is 1. The Morgan fingerprint density at radius 3 is 2.61 bits per heavy atom. The summed E-state index contributed by atoms with van der Waals surface area (Å²) < 4.78 is 8.29. The molecule has 2 aromatic carbocycles. The highest BCUT2D eigenvalue weighted by Gasteiger charge is 2.19. The Labute approximate surface area is 186 Å². The number of aromatic nitrogens is 2. The number of carbonyl (C=O) groups excluding carboxylic acids is 1. The summed E-state index contributed by atoms with van der Waals surface area (Å²) in [4.78, 5) is 18.1. The molecule has 2 heterocycles. The van der Waals surface area contributed by atoms with Crippen LogP contribution in [0.25, 0.3) is 11.0 Å². The average molecular weight is 434 g/mol. The zero-order chi connectivity index (χ0) is 21.8. The van der Waals surface area contributed by atoms with Gasteiger partial charge in [0.2, 0.25) is 0 Å². The average Bonchev–Trinajstić information content (AvgIpc) is 3.41. The number of ether oxygens (including phenoxy) is 1. The van der Waals surface area contributed by atoms with Gasteiger partial charge in [-0.25, -0.2) is 4.98 Å². The zero-order valence-corrected chi connectivity index (χ0v) is 18.9. The van der Waals surface area contributed by atoms with E-state index in [0.717, 1.165) is 46.7 Å². The molecule has 4 aromatic rings. The molecule has 160 valence electrons. The van der Waals surface area contributed by atoms with Gasteiger partial charge in [0, 0.05) is 6.54 Å². The summed E-state index contributed by atoms with van der Waals surface area (Å²) in [5, 5.41) is 5.00. The lowest BCUT2D eigenvalue weighted by Gasteiger charge is -2.17. The smallest absolute Gasteiger partial charge is 0.261 e. The van der Waals surface area contributed by atoms with Crippen molar-refractivity contribution >= 4 is 28.3 Å². The van der Waals surface area contributed by atoms with Crippen molar-refractivity contribution in [3.8, 4) is 5.75 Å². The Morgan fingerprint density at radius 1 is 1.10 bits per heavy atom. The molecule has 1 amide bonds. The number of para-hydroxylation sites is 3. The van der Waals surface area contributed by atoms with Crippen LogP contribution in [-0.2, 0) is 6.54 Å². The number of carbonyl (C=O) groups is 1. The third kappa shape index (κ3) is 4.64. The predicted molar refractivity (Wildman–Crippen MR) is 126 cm³/mol. The molecule has 31 heavy (non-hydrogen) atoms. The standard InChI is InChI=1S/C25H27N3O2S/c1-17-9-6-10-18(2)23(17)30-15-8-14-28-21-12-5-4-11-20(21)27-24(28)19(3)26-25(29)22-13-7-16-31-22/h4-7,9-13,16,19H,8,14-15H2,1-3H3,(H,26,29). The highest BCUT2D eigenvalue weighted by molar-refractivity contribution is 7.12. The summed E-state index contributed by atoms with van der Waals surface area (Å²) >= 11 is 1.44. The fraction of sp³-hybridized carbons (Fsp3) is 0.280. The Kier molecular flexibility index (Phi) is 6.37. The molecule has 4 rings (SSSR count). The van der Waals surface area contributed by atoms with E-state index < -0.39 is 0 Å². The fourth-order valence-electron chi connectivity index (χ4n) is 3.82. The third-order valence-electron chi connectivity index (χ3n) is 5.35. The predicted octanol–water partition coefficient (Wildman–Crippen LogP) is 5.67. The maximum absolute atomic E-state index is 12.5. The van der Waals surface area contributed by atoms with Crippen molar-refractivity contribution in [2.24, 2.45) is 0 Å². The van der Waals surface area contributed by atoms with Crippen molar-refractivity contribution in [2.75, 3.05) is 6.61 Å². The van der Waals surface area contributed by atoms with Gasteiger partial charge in [-0.3, -0.25) is 4.79 Å². The molecule has 0 aliphatic carbocycles. The quantitative estimate of drug-likeness (QED) is 0.364. The molecule has 1 unspecified atom stereocenters. The van der Waals surface area contributed by atoms with Crippen molar-refractivity contribution in [1.29, 1.82) is 0 Å². The van der Waals surface area contributed by atoms with E-state index in [1.807, 2.05) is 48.7 Å². The molecule has 0 fully saturated rings. The van der Waals surface area contributed by atoms with Crippen molar-refractivity contribution in [3.63, 3.8) is 0 Å². The van der Waals surface area contributed by atoms with Gasteiger partial charge >= 0.3 is 0 Å². The lowest BCUT2D eigenvalue weighted by molar-refractivity contribution is 0.0941. The van der Waals surface area contributed by atoms with Crippen molar-refractivity contribution < 1.29 is 9.53 Å². The molecule has 0 aliphatic heterocycles. The number of rotatable bonds is 8. The summed E-state index contributed by atoms with van der Waals surface area (Å²) in [5.41, 5.74) is 4.31. The van der Waals surface area contributed by atoms with Crippen molar-refractivity contribution in [2.45, 2.75) is 39.8 Å². The summed E-state index contributed by atoms with van der Waals surface area (Å²) in [5.74, 6) is 1.76. The number of fused-ring (bicyclic) bond motifs is 1. The number of thiophene rings is 1. The molecule has 5 nitrogen and oxygen atoms in total. The first kappa shape index (κ1) is 21.1. The normalized spacial score (nSPS) is 12.1. The first-order chi connectivity index (χ1) is 15.0. The molecule has 0 aliphatic rings. The molecule has 1 N–H and O–H groups in total. The van der Waals surface area contributed by atoms with Gasteiger partial charge in [0.15, 0.2) is 0 Å². The van der Waals surface area contributed by atoms with Crippen LogP contribution in [0.4, 0.5) is 0 Å². The minimum absolute atomic E-state index is 0.0699. The zero-order valence-electron chi connectivity index (χ0n) is 18.1. The van der Waals surface area contributed by atoms with E-state index in [0.29, 0.717) is 11.5 Å². The summed E-state index contributed by atoms with van der Waals surface area (Å²) in [6, 6.07) is 17.8. The van der Waals surface area contributed by atoms with Crippen LogP contribution in [0, 0.1) is 13.8 Å². The number of nitrogens with zero attached hydrogens (tertiary/aromatic N) is 2. The number of imidazole rings is 1. The van der Waals surface area contributed by atoms with Crippen molar-refractivity contribution in [3.05, 3.63) is 81.8 Å². The Balaban J connectivity index is 1.49. The van der Waals surface area contributed by atoms with E-state index in [1.54, 1.807) is 0 Å². The van der Waals surface area contributed by atoms with Crippen LogP contribution in [0.5, 0.6) is 5.75 Å². The van der Waals surface area contributed by atoms with Crippen LogP contribution >= 0.6 is 11.3 Å². The minimum atomic E-state index is -0.207. The molecule has 2 aromatic heterocycles. The number of hydrogen-bond acceptors (Lipinski definition) is 4. The fourth-order valence-corrected chi connectivity index (χ4v) is 4.45. The molecule has 0 saturated carbocycles. The maximum atomic E-state index is 12.5. The van der Waals surface area contributed by atoms with E-state index in [1.165, 1.54) is 11.3 Å². The van der Waals surface area contributed by atoms with Gasteiger partial charge < -0.3 is 14.6 Å². The van der Waals surface area contributed by atoms with Crippen LogP contribution in [0.2, 0.25) is 0 Å². The van der Waals surface area contributed by atoms with E-state index >= 15 is 0 Å². The molecule has 0 spiro atoms. The van der Waals surface area contributed by atoms with Crippen LogP contribution in [0.15, 0.2) is 60.0 Å². The van der Waals surface area contributed by atoms with Gasteiger partial charge in [-0.2, -0.15) is 0 Å². The summed E-state index contributed by atoms with van der Waals surface area (Å²) in [6.07, 6.45) is 0.840. The van der Waals surface area contributed by atoms with Gasteiger partial charge in [-0.15, -0.1) is 11.3 Å². The first-order valence-electron chi connectivity index (χ1n) is 10.5. The number of hydrogen-bond donors (Lipinski definition) is 1. The lowest BCUT2D eigenvalue weighted by atomic mass is 10.1. The van der Waals surface area contributed by atoms with E-state index in [4.69, 9.17) is 9.72 Å². The molecular weight excluding hydrogens is 406 g/mol. The number of aryl methyl sites for hydroxylation is 3. The molecular formula is C25H27N3O2S. The first-order valence-corrected chi connectivity index (χ1v) is 11.4. The van der Waals surface area contributed by atoms with Crippen LogP contribution in [0.3, 0.4) is 0 Å². The Hall–Kier alpha value is -3.12. The monoisotopic (exact) mass is 433 g/mol. The molecule has 0 bridgehead atoms. The summed E-state index contributed by atoms with van der Waals surface area (Å²) in [7, 11) is 0. The van der Waals surface area contributed by atoms with E-state index in [2.05, 4.69) is 41.9 Å². The maximum Gasteiger partial charge on any atom is 0.261 e. The van der Waals surface area contributed by atoms with Gasteiger partial charge in [0.05, 0.1) is 28.6 Å². The Morgan fingerprint density at radius 2 is 1.87 bits per heavy atom. The van der Waals surface area contributed by atoms with Crippen LogP contribution in [-0.4, -0.2) is 22.1 Å². The topological polar surface area (TPSA) is 56.1 Å². The van der Waals surface area contributed by atoms with Gasteiger partial charge in [-0.1, -0.05) is 36.4 Å². The van der Waals surface area contributed by atoms with Gasteiger partial charge in [0.25, 0.3) is 5.91 Å². The van der Waals surface area contributed by atoms with Crippen LogP contribution in [0.1, 0.15) is 46.0 Å². The second-order valence-corrected chi connectivity index (χ2v) is 8.65. The highest BCUT2D eigenvalue weighted by atomic mass is 32.1. The van der Waals surface area contributed by atoms with E-state index in [9.17, 15) is 4.79 Å². The largest absolute Gasteiger partial charge is 0.493 e. The van der Waals surface area contributed by atoms with E-state index in [-0.39, 0.29) is 11.9 Å². The number of benzene rings is 2. The second kappa shape index (κ2) is 9.35. The van der Waals surface area contributed by atoms with Gasteiger partial charge in [0.1, 0.15) is 11.6 Å². The number of nitrogens with one attached hydrogen (secondary N) is 1. The minimum Gasteiger partial charge on any atom is -0.493 e. The van der Waals surface area contributed by atoms with Crippen LogP contribution < -0.4 is 10.1 Å². The lowest BCUT2D eigenvalue weighted by Crippen LogP contribution is -2.28. The third-order valence-corrected chi connectivity index (χ3v) is 6.21. The van der Waals surface area contributed by atoms with Crippen molar-refractivity contribution in [1.82, 2.24) is 14.9 Å². The molecule has 1 atom stereocenters. The summed E-state index contributed by atoms with van der Waals surface area (Å²) in [6.45, 7) is 7.51. The molecule has 6 heteroatoms. The highest BCUT2D eigenvalue weighted by Crippen LogP contribution is 2.24. The Bertz CT molecular complexity index is 1160. The molecule has 0 radical (unpaired) electrons. The molecule has 0 saturated heterocycles.